The molecular formula is C36H39N9O3. The molecule has 1 atom stereocenters. The predicted molar refractivity (Wildman–Crippen MR) is 185 cm³/mol. The number of morpholine rings is 1. The third-order valence-corrected chi connectivity index (χ3v) is 9.23. The van der Waals surface area contributed by atoms with Gasteiger partial charge in [0.05, 0.1) is 24.6 Å². The van der Waals surface area contributed by atoms with E-state index in [9.17, 15) is 9.59 Å². The second-order valence-electron chi connectivity index (χ2n) is 12.4. The van der Waals surface area contributed by atoms with Gasteiger partial charge >= 0.3 is 0 Å². The van der Waals surface area contributed by atoms with E-state index in [1.54, 1.807) is 19.3 Å². The van der Waals surface area contributed by atoms with E-state index in [0.717, 1.165) is 35.2 Å². The van der Waals surface area contributed by atoms with Crippen molar-refractivity contribution in [1.82, 2.24) is 29.7 Å². The number of anilines is 3. The van der Waals surface area contributed by atoms with Crippen LogP contribution in [0.3, 0.4) is 0 Å². The molecule has 2 aliphatic rings. The lowest BCUT2D eigenvalue weighted by molar-refractivity contribution is -0.117. The lowest BCUT2D eigenvalue weighted by Gasteiger charge is -2.34. The number of rotatable bonds is 7. The molecule has 0 unspecified atom stereocenters. The van der Waals surface area contributed by atoms with Gasteiger partial charge in [0, 0.05) is 62.4 Å². The number of nitrogens with zero attached hydrogens (tertiary/aromatic N) is 7. The summed E-state index contributed by atoms with van der Waals surface area (Å²) in [4.78, 5) is 47.9. The molecule has 5 aromatic rings. The van der Waals surface area contributed by atoms with Gasteiger partial charge in [0.2, 0.25) is 11.9 Å². The molecule has 2 aliphatic heterocycles. The minimum Gasteiger partial charge on any atom is -0.378 e. The van der Waals surface area contributed by atoms with E-state index in [0.29, 0.717) is 73.4 Å². The molecule has 0 bridgehead atoms. The Morgan fingerprint density at radius 2 is 1.79 bits per heavy atom. The molecule has 3 N–H and O–H groups in total. The summed E-state index contributed by atoms with van der Waals surface area (Å²) in [5.41, 5.74) is 14.3. The fraction of sp³-hybridized carbons (Fsp3) is 0.333. The molecule has 12 nitrogen and oxygen atoms in total. The Kier molecular flexibility index (Phi) is 8.49. The van der Waals surface area contributed by atoms with Gasteiger partial charge in [-0.05, 0) is 67.5 Å². The number of benzene rings is 2. The second-order valence-corrected chi connectivity index (χ2v) is 12.4. The van der Waals surface area contributed by atoms with Crippen molar-refractivity contribution in [3.63, 3.8) is 0 Å². The number of aromatic nitrogens is 5. The minimum absolute atomic E-state index is 0.0753. The van der Waals surface area contributed by atoms with Crippen molar-refractivity contribution in [2.24, 2.45) is 0 Å². The third kappa shape index (κ3) is 6.06. The summed E-state index contributed by atoms with van der Waals surface area (Å²) in [5, 5.41) is 3.08. The van der Waals surface area contributed by atoms with E-state index >= 15 is 0 Å². The van der Waals surface area contributed by atoms with E-state index in [-0.39, 0.29) is 23.8 Å². The Morgan fingerprint density at radius 3 is 2.56 bits per heavy atom. The van der Waals surface area contributed by atoms with Crippen molar-refractivity contribution >= 4 is 34.9 Å². The number of hydrogen-bond acceptors (Lipinski definition) is 9. The van der Waals surface area contributed by atoms with Crippen molar-refractivity contribution in [2.45, 2.75) is 46.1 Å². The molecule has 0 aliphatic carbocycles. The van der Waals surface area contributed by atoms with Gasteiger partial charge in [-0.15, -0.1) is 0 Å². The Balaban J connectivity index is 1.09. The maximum absolute atomic E-state index is 13.5. The molecule has 0 spiro atoms. The average molecular weight is 646 g/mol. The molecule has 5 heterocycles. The van der Waals surface area contributed by atoms with E-state index < -0.39 is 0 Å². The Bertz CT molecular complexity index is 2000. The summed E-state index contributed by atoms with van der Waals surface area (Å²) < 4.78 is 7.48. The predicted octanol–water partition coefficient (Wildman–Crippen LogP) is 4.24. The number of fused-ring (bicyclic) bond motifs is 2. The average Bonchev–Trinajstić information content (AvgIpc) is 3.44. The monoisotopic (exact) mass is 645 g/mol. The lowest BCUT2D eigenvalue weighted by Crippen LogP contribution is -2.40. The topological polar surface area (TPSA) is 144 Å². The van der Waals surface area contributed by atoms with E-state index in [2.05, 4.69) is 63.5 Å². The van der Waals surface area contributed by atoms with Crippen LogP contribution in [0.2, 0.25) is 0 Å². The van der Waals surface area contributed by atoms with Crippen molar-refractivity contribution in [2.75, 3.05) is 48.4 Å². The summed E-state index contributed by atoms with van der Waals surface area (Å²) in [7, 11) is 0. The zero-order chi connectivity index (χ0) is 33.4. The van der Waals surface area contributed by atoms with Gasteiger partial charge in [0.1, 0.15) is 5.69 Å². The quantitative estimate of drug-likeness (QED) is 0.266. The number of aryl methyl sites for hydroxylation is 2. The van der Waals surface area contributed by atoms with Crippen LogP contribution >= 0.6 is 0 Å². The van der Waals surface area contributed by atoms with Crippen LogP contribution in [0, 0.1) is 6.92 Å². The summed E-state index contributed by atoms with van der Waals surface area (Å²) >= 11 is 0. The number of nitrogen functional groups attached to an aromatic ring is 1. The lowest BCUT2D eigenvalue weighted by atomic mass is 9.92. The molecule has 246 valence electrons. The third-order valence-electron chi connectivity index (χ3n) is 9.23. The number of nitrogens with one attached hydrogen (secondary N) is 1. The van der Waals surface area contributed by atoms with Crippen LogP contribution in [-0.4, -0.2) is 75.0 Å². The van der Waals surface area contributed by atoms with Gasteiger partial charge in [-0.25, -0.2) is 19.9 Å². The first-order valence-electron chi connectivity index (χ1n) is 16.4. The molecule has 3 aromatic heterocycles. The standard InChI is InChI=1S/C36H39N9O3/c1-22-7-8-28-18-27(9-10-31(28)45(22)24(3)46)26-6-4-5-25(17-26)11-12-38-35(47)32-23(2)44-21-30(29-19-39-36(37)40-20-29)41-33(34(44)42-32)43-13-15-48-16-14-43/h4-6,9-10,17-22H,7-8,11-16H2,1-3H3,(H,38,47)(H2,37,39,40)/t22-/m0/s1. The summed E-state index contributed by atoms with van der Waals surface area (Å²) in [6.45, 7) is 8.57. The van der Waals surface area contributed by atoms with Crippen LogP contribution in [0.5, 0.6) is 0 Å². The number of carbonyl (C=O) groups excluding carboxylic acids is 2. The van der Waals surface area contributed by atoms with Crippen LogP contribution in [0.15, 0.2) is 61.1 Å². The van der Waals surface area contributed by atoms with Gasteiger partial charge in [-0.3, -0.25) is 14.0 Å². The van der Waals surface area contributed by atoms with E-state index in [4.69, 9.17) is 20.4 Å². The van der Waals surface area contributed by atoms with Crippen LogP contribution in [0.25, 0.3) is 28.0 Å². The summed E-state index contributed by atoms with van der Waals surface area (Å²) in [5.74, 6) is 0.702. The van der Waals surface area contributed by atoms with Crippen molar-refractivity contribution in [1.29, 1.82) is 0 Å². The first-order chi connectivity index (χ1) is 23.3. The molecule has 48 heavy (non-hydrogen) atoms. The van der Waals surface area contributed by atoms with Gasteiger partial charge in [-0.1, -0.05) is 30.3 Å². The van der Waals surface area contributed by atoms with Gasteiger partial charge in [-0.2, -0.15) is 0 Å². The maximum atomic E-state index is 13.5. The van der Waals surface area contributed by atoms with Crippen LogP contribution in [-0.2, 0) is 22.4 Å². The number of amides is 2. The first kappa shape index (κ1) is 31.3. The van der Waals surface area contributed by atoms with Crippen molar-refractivity contribution in [3.05, 3.63) is 83.6 Å². The SMILES string of the molecule is CC(=O)N1c2ccc(-c3cccc(CCNC(=O)c4nc5c(N6CCOCC6)nc(-c6cnc(N)nc6)cn5c4C)c3)cc2CC[C@@H]1C. The maximum Gasteiger partial charge on any atom is 0.271 e. The smallest absolute Gasteiger partial charge is 0.271 e. The number of hydrogen-bond donors (Lipinski definition) is 2. The molecule has 1 fully saturated rings. The fourth-order valence-electron chi connectivity index (χ4n) is 6.68. The highest BCUT2D eigenvalue weighted by atomic mass is 16.5. The Labute approximate surface area is 279 Å². The molecule has 7 rings (SSSR count). The van der Waals surface area contributed by atoms with Gasteiger partial charge in [0.25, 0.3) is 5.91 Å². The fourth-order valence-corrected chi connectivity index (χ4v) is 6.68. The second kappa shape index (κ2) is 13.0. The van der Waals surface area contributed by atoms with Crippen LogP contribution < -0.4 is 20.9 Å². The van der Waals surface area contributed by atoms with Crippen molar-refractivity contribution < 1.29 is 14.3 Å². The molecular weight excluding hydrogens is 606 g/mol. The number of nitrogens with two attached hydrogens (primary N) is 1. The van der Waals surface area contributed by atoms with Gasteiger partial charge in [0.15, 0.2) is 11.5 Å². The van der Waals surface area contributed by atoms with Crippen LogP contribution in [0.4, 0.5) is 17.5 Å². The highest BCUT2D eigenvalue weighted by Crippen LogP contribution is 2.34. The molecule has 0 saturated carbocycles. The van der Waals surface area contributed by atoms with Gasteiger partial charge < -0.3 is 25.6 Å². The summed E-state index contributed by atoms with van der Waals surface area (Å²) in [6, 6.07) is 15.0. The molecule has 0 radical (unpaired) electrons. The summed E-state index contributed by atoms with van der Waals surface area (Å²) in [6.07, 6.45) is 7.70. The van der Waals surface area contributed by atoms with E-state index in [1.807, 2.05) is 28.5 Å². The van der Waals surface area contributed by atoms with Crippen LogP contribution in [0.1, 0.15) is 47.6 Å². The molecule has 2 amide bonds. The Morgan fingerprint density at radius 1 is 1.02 bits per heavy atom. The highest BCUT2D eigenvalue weighted by molar-refractivity contribution is 5.95. The zero-order valence-electron chi connectivity index (χ0n) is 27.4. The Hall–Kier alpha value is -5.36. The largest absolute Gasteiger partial charge is 0.378 e. The minimum atomic E-state index is -0.239. The zero-order valence-corrected chi connectivity index (χ0v) is 27.4. The molecule has 1 saturated heterocycles. The van der Waals surface area contributed by atoms with E-state index in [1.165, 1.54) is 5.56 Å². The van der Waals surface area contributed by atoms with Crippen molar-refractivity contribution in [3.8, 4) is 22.4 Å². The molecule has 2 aromatic carbocycles. The first-order valence-corrected chi connectivity index (χ1v) is 16.4. The highest BCUT2D eigenvalue weighted by Gasteiger charge is 2.27. The normalized spacial score (nSPS) is 16.2. The number of ether oxygens (including phenoxy) is 1. The number of carbonyl (C=O) groups is 2. The number of imidazole rings is 1. The molecule has 12 heteroatoms.